The molecule has 0 aliphatic rings. The van der Waals surface area contributed by atoms with Crippen LogP contribution < -0.4 is 14.8 Å². The highest BCUT2D eigenvalue weighted by molar-refractivity contribution is 7.96. The Morgan fingerprint density at radius 1 is 0.816 bits per heavy atom. The molecule has 10 nitrogen and oxygen atoms in total. The lowest BCUT2D eigenvalue weighted by Crippen LogP contribution is -2.32. The third kappa shape index (κ3) is 18.1. The van der Waals surface area contributed by atoms with Gasteiger partial charge in [-0.2, -0.15) is 0 Å². The Bertz CT molecular complexity index is 1460. The molecule has 0 saturated heterocycles. The summed E-state index contributed by atoms with van der Waals surface area (Å²) >= 11 is 0. The van der Waals surface area contributed by atoms with E-state index in [9.17, 15) is 22.6 Å². The maximum absolute atomic E-state index is 12.7. The lowest BCUT2D eigenvalue weighted by atomic mass is 10.2. The SMILES string of the molecule is CCCCOCC(COc1ccccc1NC(=O)CC[S+](CCC)CCC)OC(=O)COc1ccccc1.Cc1ccc(S(=O)(=O)[O-])cc1. The molecule has 3 aromatic carbocycles. The maximum atomic E-state index is 12.7. The second-order valence-corrected chi connectivity index (χ2v) is 15.1. The van der Waals surface area contributed by atoms with E-state index in [1.54, 1.807) is 30.3 Å². The number of amides is 1. The van der Waals surface area contributed by atoms with Crippen molar-refractivity contribution in [3.05, 3.63) is 84.4 Å². The van der Waals surface area contributed by atoms with E-state index in [-0.39, 0.29) is 30.6 Å². The highest BCUT2D eigenvalue weighted by Crippen LogP contribution is 2.24. The Kier molecular flexibility index (Phi) is 20.1. The summed E-state index contributed by atoms with van der Waals surface area (Å²) in [7, 11) is -3.98. The van der Waals surface area contributed by atoms with Gasteiger partial charge >= 0.3 is 5.97 Å². The second kappa shape index (κ2) is 23.7. The summed E-state index contributed by atoms with van der Waals surface area (Å²) in [6.07, 6.45) is 4.10. The van der Waals surface area contributed by atoms with E-state index in [1.165, 1.54) is 23.6 Å². The average molecular weight is 718 g/mol. The fraction of sp³-hybridized carbons (Fsp3) is 0.459. The molecular formula is C37H51NO9S2. The van der Waals surface area contributed by atoms with Gasteiger partial charge < -0.3 is 28.8 Å². The molecule has 0 saturated carbocycles. The van der Waals surface area contributed by atoms with Crippen molar-refractivity contribution in [2.75, 3.05) is 49.0 Å². The number of unbranched alkanes of at least 4 members (excludes halogenated alkanes) is 1. The van der Waals surface area contributed by atoms with E-state index in [4.69, 9.17) is 18.9 Å². The van der Waals surface area contributed by atoms with Crippen LogP contribution in [0.1, 0.15) is 58.4 Å². The van der Waals surface area contributed by atoms with Crippen LogP contribution in [-0.2, 0) is 40.1 Å². The first-order valence-corrected chi connectivity index (χ1v) is 19.8. The van der Waals surface area contributed by atoms with E-state index in [0.717, 1.165) is 37.0 Å². The van der Waals surface area contributed by atoms with Gasteiger partial charge in [0.25, 0.3) is 0 Å². The number of carbonyl (C=O) groups is 2. The van der Waals surface area contributed by atoms with Crippen molar-refractivity contribution >= 4 is 38.6 Å². The van der Waals surface area contributed by atoms with E-state index in [1.807, 2.05) is 43.3 Å². The number of hydrogen-bond acceptors (Lipinski definition) is 9. The average Bonchev–Trinajstić information content (AvgIpc) is 3.08. The molecule has 12 heteroatoms. The summed E-state index contributed by atoms with van der Waals surface area (Å²) in [6.45, 7) is 8.97. The predicted molar refractivity (Wildman–Crippen MR) is 194 cm³/mol. The van der Waals surface area contributed by atoms with Crippen LogP contribution in [-0.4, -0.2) is 74.6 Å². The smallest absolute Gasteiger partial charge is 0.344 e. The van der Waals surface area contributed by atoms with E-state index < -0.39 is 22.2 Å². The fourth-order valence-corrected chi connectivity index (χ4v) is 7.08. The van der Waals surface area contributed by atoms with E-state index in [0.29, 0.717) is 41.1 Å². The molecule has 1 amide bonds. The van der Waals surface area contributed by atoms with Gasteiger partial charge in [0, 0.05) is 6.61 Å². The van der Waals surface area contributed by atoms with Crippen molar-refractivity contribution in [3.63, 3.8) is 0 Å². The molecule has 270 valence electrons. The summed E-state index contributed by atoms with van der Waals surface area (Å²) < 4.78 is 54.0. The number of esters is 1. The van der Waals surface area contributed by atoms with Crippen molar-refractivity contribution in [2.24, 2.45) is 0 Å². The number of ether oxygens (including phenoxy) is 4. The Hall–Kier alpha value is -3.58. The van der Waals surface area contributed by atoms with Gasteiger partial charge in [-0.05, 0) is 73.5 Å². The van der Waals surface area contributed by atoms with Gasteiger partial charge in [0.2, 0.25) is 5.91 Å². The largest absolute Gasteiger partial charge is 0.744 e. The minimum Gasteiger partial charge on any atom is -0.744 e. The topological polar surface area (TPSA) is 140 Å². The molecule has 0 fully saturated rings. The molecule has 3 aromatic rings. The van der Waals surface area contributed by atoms with Gasteiger partial charge in [-0.15, -0.1) is 0 Å². The summed E-state index contributed by atoms with van der Waals surface area (Å²) in [5.41, 5.74) is 1.53. The lowest BCUT2D eigenvalue weighted by Gasteiger charge is -2.20. The molecule has 0 aromatic heterocycles. The van der Waals surface area contributed by atoms with Crippen LogP contribution in [0.3, 0.4) is 0 Å². The van der Waals surface area contributed by atoms with Gasteiger partial charge in [-0.3, -0.25) is 4.79 Å². The zero-order chi connectivity index (χ0) is 35.9. The zero-order valence-corrected chi connectivity index (χ0v) is 30.7. The van der Waals surface area contributed by atoms with Gasteiger partial charge in [0.15, 0.2) is 12.7 Å². The number of anilines is 1. The molecule has 1 unspecified atom stereocenters. The number of rotatable bonds is 21. The Morgan fingerprint density at radius 2 is 1.47 bits per heavy atom. The number of para-hydroxylation sites is 3. The molecule has 1 N–H and O–H groups in total. The summed E-state index contributed by atoms with van der Waals surface area (Å²) in [4.78, 5) is 25.0. The normalized spacial score (nSPS) is 11.6. The lowest BCUT2D eigenvalue weighted by molar-refractivity contribution is -0.156. The van der Waals surface area contributed by atoms with E-state index in [2.05, 4.69) is 26.1 Å². The first kappa shape index (κ1) is 41.6. The van der Waals surface area contributed by atoms with Crippen LogP contribution in [0.15, 0.2) is 83.8 Å². The minimum absolute atomic E-state index is 0.0188. The Morgan fingerprint density at radius 3 is 2.10 bits per heavy atom. The third-order valence-electron chi connectivity index (χ3n) is 6.84. The molecule has 0 spiro atoms. The first-order valence-electron chi connectivity index (χ1n) is 16.7. The van der Waals surface area contributed by atoms with Crippen LogP contribution in [0.25, 0.3) is 0 Å². The van der Waals surface area contributed by atoms with Crippen molar-refractivity contribution in [1.82, 2.24) is 0 Å². The molecule has 0 aliphatic carbocycles. The van der Waals surface area contributed by atoms with Crippen LogP contribution in [0.5, 0.6) is 11.5 Å². The number of aryl methyl sites for hydroxylation is 1. The van der Waals surface area contributed by atoms with Crippen molar-refractivity contribution in [1.29, 1.82) is 0 Å². The maximum Gasteiger partial charge on any atom is 0.344 e. The van der Waals surface area contributed by atoms with Crippen molar-refractivity contribution < 1.29 is 41.5 Å². The van der Waals surface area contributed by atoms with Crippen LogP contribution in [0.4, 0.5) is 5.69 Å². The Labute approximate surface area is 295 Å². The van der Waals surface area contributed by atoms with Gasteiger partial charge in [0.05, 0.1) is 23.6 Å². The molecule has 0 radical (unpaired) electrons. The summed E-state index contributed by atoms with van der Waals surface area (Å²) in [5.74, 6) is 3.87. The molecule has 0 aliphatic heterocycles. The van der Waals surface area contributed by atoms with E-state index >= 15 is 0 Å². The molecule has 49 heavy (non-hydrogen) atoms. The number of benzene rings is 3. The number of nitrogens with one attached hydrogen (secondary N) is 1. The highest BCUT2D eigenvalue weighted by atomic mass is 32.2. The molecule has 3 rings (SSSR count). The van der Waals surface area contributed by atoms with Crippen molar-refractivity contribution in [3.8, 4) is 11.5 Å². The van der Waals surface area contributed by atoms with Crippen LogP contribution in [0.2, 0.25) is 0 Å². The summed E-state index contributed by atoms with van der Waals surface area (Å²) in [6, 6.07) is 22.2. The molecule has 0 bridgehead atoms. The standard InChI is InChI=1S/C30H43NO6S.C7H8O3S/c1-4-7-18-34-22-26(37-30(33)24-35-25-13-9-8-10-14-25)23-36-28-16-12-11-15-27(28)31-29(32)17-21-38(19-5-2)20-6-3;1-6-2-4-7(5-3-6)11(8,9)10/h8-16,26H,4-7,17-24H2,1-3H3;2-5H,1H3,(H,8,9,10). The first-order chi connectivity index (χ1) is 23.5. The number of carbonyl (C=O) groups excluding carboxylic acids is 2. The van der Waals surface area contributed by atoms with Crippen LogP contribution >= 0.6 is 0 Å². The van der Waals surface area contributed by atoms with Gasteiger partial charge in [-0.1, -0.05) is 75.2 Å². The quantitative estimate of drug-likeness (QED) is 0.0563. The fourth-order valence-electron chi connectivity index (χ4n) is 4.37. The zero-order valence-electron chi connectivity index (χ0n) is 29.1. The van der Waals surface area contributed by atoms with Gasteiger partial charge in [-0.25, -0.2) is 13.2 Å². The predicted octanol–water partition coefficient (Wildman–Crippen LogP) is 6.54. The third-order valence-corrected chi connectivity index (χ3v) is 10.4. The van der Waals surface area contributed by atoms with Crippen molar-refractivity contribution in [2.45, 2.75) is 70.8 Å². The van der Waals surface area contributed by atoms with Crippen LogP contribution in [0, 0.1) is 6.92 Å². The number of hydrogen-bond donors (Lipinski definition) is 1. The monoisotopic (exact) mass is 717 g/mol. The Balaban J connectivity index is 0.000000639. The summed E-state index contributed by atoms with van der Waals surface area (Å²) in [5, 5.41) is 2.99. The second-order valence-electron chi connectivity index (χ2n) is 11.2. The molecule has 0 heterocycles. The highest BCUT2D eigenvalue weighted by Gasteiger charge is 2.20. The van der Waals surface area contributed by atoms with Gasteiger partial charge in [0.1, 0.15) is 45.5 Å². The molecule has 1 atom stereocenters. The minimum atomic E-state index is -4.27. The molecular weight excluding hydrogens is 667 g/mol.